The summed E-state index contributed by atoms with van der Waals surface area (Å²) in [5.74, 6) is -3.38. The molecule has 1 amide bonds. The lowest BCUT2D eigenvalue weighted by Crippen LogP contribution is -2.70. The van der Waals surface area contributed by atoms with Crippen molar-refractivity contribution in [3.8, 4) is 0 Å². The van der Waals surface area contributed by atoms with Gasteiger partial charge in [0.15, 0.2) is 6.10 Å². The molecule has 0 aromatic rings. The van der Waals surface area contributed by atoms with Crippen molar-refractivity contribution in [2.45, 2.75) is 104 Å². The van der Waals surface area contributed by atoms with Gasteiger partial charge in [-0.05, 0) is 27.7 Å². The van der Waals surface area contributed by atoms with Crippen LogP contribution in [0.2, 0.25) is 0 Å². The highest BCUT2D eigenvalue weighted by Gasteiger charge is 2.49. The van der Waals surface area contributed by atoms with E-state index in [0.717, 1.165) is 13.8 Å². The van der Waals surface area contributed by atoms with Gasteiger partial charge >= 0.3 is 23.9 Å². The van der Waals surface area contributed by atoms with E-state index < -0.39 is 84.7 Å². The smallest absolute Gasteiger partial charge is 0.327 e. The van der Waals surface area contributed by atoms with Crippen LogP contribution >= 0.6 is 0 Å². The maximum atomic E-state index is 13.0. The van der Waals surface area contributed by atoms with Gasteiger partial charge < -0.3 is 34.1 Å². The fourth-order valence-electron chi connectivity index (χ4n) is 3.43. The van der Waals surface area contributed by atoms with Gasteiger partial charge in [-0.15, -0.1) is 0 Å². The van der Waals surface area contributed by atoms with Gasteiger partial charge in [0, 0.05) is 27.7 Å². The molecular weight excluding hydrogens is 468 g/mol. The second-order valence-electron chi connectivity index (χ2n) is 9.18. The summed E-state index contributed by atoms with van der Waals surface area (Å²) < 4.78 is 26.7. The number of hydrogen-bond acceptors (Lipinski definition) is 12. The van der Waals surface area contributed by atoms with Gasteiger partial charge in [0.2, 0.25) is 5.91 Å². The lowest BCUT2D eigenvalue weighted by molar-refractivity contribution is -0.223. The van der Waals surface area contributed by atoms with Crippen LogP contribution in [0.4, 0.5) is 0 Å². The Balaban J connectivity index is 3.36. The molecule has 0 bridgehead atoms. The highest BCUT2D eigenvalue weighted by molar-refractivity contribution is 5.78. The van der Waals surface area contributed by atoms with Gasteiger partial charge in [-0.2, -0.15) is 0 Å². The molecule has 1 aliphatic heterocycles. The molecule has 1 rings (SSSR count). The number of esters is 4. The maximum absolute atomic E-state index is 13.0. The number of carbonyl (C=O) groups is 5. The largest absolute Gasteiger partial charge is 0.463 e. The van der Waals surface area contributed by atoms with Crippen molar-refractivity contribution in [1.29, 1.82) is 0 Å². The molecule has 0 saturated carbocycles. The minimum absolute atomic E-state index is 0.397. The summed E-state index contributed by atoms with van der Waals surface area (Å²) in [6, 6.07) is -2.51. The molecule has 35 heavy (non-hydrogen) atoms. The molecule has 0 aromatic heterocycles. The molecule has 1 heterocycles. The molecule has 1 saturated heterocycles. The Morgan fingerprint density at radius 1 is 1.00 bits per heavy atom. The normalized spacial score (nSPS) is 26.0. The zero-order valence-electron chi connectivity index (χ0n) is 21.3. The summed E-state index contributed by atoms with van der Waals surface area (Å²) in [5.41, 5.74) is -0.880. The molecule has 0 unspecified atom stereocenters. The quantitative estimate of drug-likeness (QED) is 0.267. The Morgan fingerprint density at radius 2 is 1.60 bits per heavy atom. The number of ether oxygens (including phenoxy) is 5. The third kappa shape index (κ3) is 10.2. The first kappa shape index (κ1) is 30.3. The van der Waals surface area contributed by atoms with Crippen LogP contribution in [0, 0.1) is 0 Å². The highest BCUT2D eigenvalue weighted by atomic mass is 16.6. The van der Waals surface area contributed by atoms with Crippen molar-refractivity contribution in [2.24, 2.45) is 0 Å². The predicted octanol–water partition coefficient (Wildman–Crippen LogP) is -0.677. The fourth-order valence-corrected chi connectivity index (χ4v) is 3.43. The summed E-state index contributed by atoms with van der Waals surface area (Å²) in [5, 5.41) is 16.3. The molecule has 13 nitrogen and oxygen atoms in total. The molecule has 3 N–H and O–H groups in total. The lowest BCUT2D eigenvalue weighted by atomic mass is 9.94. The molecular formula is C22H36N2O11. The third-order valence-corrected chi connectivity index (χ3v) is 4.67. The van der Waals surface area contributed by atoms with E-state index in [0.29, 0.717) is 0 Å². The van der Waals surface area contributed by atoms with Crippen molar-refractivity contribution < 1.29 is 52.8 Å². The molecule has 1 fully saturated rings. The van der Waals surface area contributed by atoms with Crippen LogP contribution in [0.5, 0.6) is 0 Å². The zero-order chi connectivity index (χ0) is 27.1. The highest BCUT2D eigenvalue weighted by Crippen LogP contribution is 2.25. The average Bonchev–Trinajstić information content (AvgIpc) is 2.66. The van der Waals surface area contributed by atoms with E-state index in [2.05, 4.69) is 10.6 Å². The Bertz CT molecular complexity index is 793. The molecule has 0 spiro atoms. The molecule has 7 atom stereocenters. The fraction of sp³-hybridized carbons (Fsp3) is 0.773. The number of amides is 1. The van der Waals surface area contributed by atoms with Crippen LogP contribution in [-0.4, -0.2) is 89.8 Å². The Morgan fingerprint density at radius 3 is 2.06 bits per heavy atom. The van der Waals surface area contributed by atoms with Gasteiger partial charge in [0.25, 0.3) is 0 Å². The SMILES string of the molecule is CC(=O)N[C@@H]1[C@@H](O)[C@H](OC(C)=O)[C@@H](COC(C)=O)O[C@H]1N[C@H](C(=O)OC(C)(C)C)[C@@H](C)OC(C)=O. The number of rotatable bonds is 9. The van der Waals surface area contributed by atoms with Crippen LogP contribution in [0.1, 0.15) is 55.4 Å². The number of aliphatic hydroxyl groups excluding tert-OH is 1. The average molecular weight is 505 g/mol. The minimum atomic E-state index is -1.53. The number of aliphatic hydroxyl groups is 1. The molecule has 0 aromatic carbocycles. The molecule has 13 heteroatoms. The van der Waals surface area contributed by atoms with E-state index in [1.165, 1.54) is 20.8 Å². The first-order chi connectivity index (χ1) is 16.0. The minimum Gasteiger partial charge on any atom is -0.463 e. The molecule has 200 valence electrons. The summed E-state index contributed by atoms with van der Waals surface area (Å²) >= 11 is 0. The van der Waals surface area contributed by atoms with Crippen LogP contribution in [0.25, 0.3) is 0 Å². The van der Waals surface area contributed by atoms with E-state index in [1.54, 1.807) is 20.8 Å². The van der Waals surface area contributed by atoms with Crippen molar-refractivity contribution in [2.75, 3.05) is 6.61 Å². The summed E-state index contributed by atoms with van der Waals surface area (Å²) in [7, 11) is 0. The topological polar surface area (TPSA) is 176 Å². The van der Waals surface area contributed by atoms with Crippen LogP contribution in [-0.2, 0) is 47.7 Å². The van der Waals surface area contributed by atoms with Gasteiger partial charge in [-0.1, -0.05) is 0 Å². The summed E-state index contributed by atoms with van der Waals surface area (Å²) in [4.78, 5) is 59.3. The first-order valence-corrected chi connectivity index (χ1v) is 11.1. The van der Waals surface area contributed by atoms with Crippen molar-refractivity contribution in [1.82, 2.24) is 10.6 Å². The zero-order valence-corrected chi connectivity index (χ0v) is 21.3. The van der Waals surface area contributed by atoms with Gasteiger partial charge in [0.05, 0.1) is 6.04 Å². The van der Waals surface area contributed by atoms with Crippen molar-refractivity contribution in [3.63, 3.8) is 0 Å². The molecule has 1 aliphatic rings. The van der Waals surface area contributed by atoms with Gasteiger partial charge in [-0.25, -0.2) is 0 Å². The summed E-state index contributed by atoms with van der Waals surface area (Å²) in [6.45, 7) is 10.7. The van der Waals surface area contributed by atoms with Gasteiger partial charge in [0.1, 0.15) is 42.8 Å². The van der Waals surface area contributed by atoms with E-state index in [4.69, 9.17) is 23.7 Å². The standard InChI is InChI=1S/C22H36N2O11/c1-10(32-13(4)27)16(21(30)35-22(6,7)8)24-20-17(23-11(2)25)18(29)19(33-14(5)28)15(34-20)9-31-12(3)26/h10,15-20,24,29H,9H2,1-8H3,(H,23,25)/t10-,15-,16+,17-,18-,19-,20-/m1/s1. The van der Waals surface area contributed by atoms with Crippen molar-refractivity contribution >= 4 is 29.8 Å². The number of carbonyl (C=O) groups excluding carboxylic acids is 5. The number of hydrogen-bond donors (Lipinski definition) is 3. The van der Waals surface area contributed by atoms with E-state index >= 15 is 0 Å². The van der Waals surface area contributed by atoms with Crippen LogP contribution in [0.15, 0.2) is 0 Å². The Hall–Kier alpha value is -2.77. The Labute approximate surface area is 204 Å². The van der Waals surface area contributed by atoms with E-state index in [-0.39, 0.29) is 0 Å². The Kier molecular flexibility index (Phi) is 11.1. The predicted molar refractivity (Wildman–Crippen MR) is 118 cm³/mol. The summed E-state index contributed by atoms with van der Waals surface area (Å²) in [6.07, 6.45) is -6.33. The lowest BCUT2D eigenvalue weighted by Gasteiger charge is -2.45. The van der Waals surface area contributed by atoms with Crippen LogP contribution < -0.4 is 10.6 Å². The maximum Gasteiger partial charge on any atom is 0.327 e. The first-order valence-electron chi connectivity index (χ1n) is 11.1. The third-order valence-electron chi connectivity index (χ3n) is 4.67. The van der Waals surface area contributed by atoms with Crippen molar-refractivity contribution in [3.05, 3.63) is 0 Å². The van der Waals surface area contributed by atoms with Crippen LogP contribution in [0.3, 0.4) is 0 Å². The van der Waals surface area contributed by atoms with E-state index in [9.17, 15) is 29.1 Å². The monoisotopic (exact) mass is 504 g/mol. The van der Waals surface area contributed by atoms with E-state index in [1.807, 2.05) is 0 Å². The van der Waals surface area contributed by atoms with Gasteiger partial charge in [-0.3, -0.25) is 29.3 Å². The second-order valence-corrected chi connectivity index (χ2v) is 9.18. The number of nitrogens with one attached hydrogen (secondary N) is 2. The second kappa shape index (κ2) is 12.8. The molecule has 0 radical (unpaired) electrons. The molecule has 0 aliphatic carbocycles.